The fourth-order valence-electron chi connectivity index (χ4n) is 2.99. The van der Waals surface area contributed by atoms with E-state index in [9.17, 15) is 4.79 Å². The van der Waals surface area contributed by atoms with E-state index in [0.29, 0.717) is 16.5 Å². The largest absolute Gasteiger partial charge is 0.455 e. The van der Waals surface area contributed by atoms with E-state index in [4.69, 9.17) is 16.0 Å². The molecule has 1 aromatic heterocycles. The summed E-state index contributed by atoms with van der Waals surface area (Å²) in [5.41, 5.74) is 4.20. The molecule has 0 aliphatic carbocycles. The van der Waals surface area contributed by atoms with Crippen molar-refractivity contribution in [2.45, 2.75) is 0 Å². The first kappa shape index (κ1) is 18.8. The van der Waals surface area contributed by atoms with Crippen molar-refractivity contribution in [1.29, 1.82) is 0 Å². The van der Waals surface area contributed by atoms with Crippen LogP contribution in [0.2, 0.25) is 5.02 Å². The molecule has 2 N–H and O–H groups in total. The van der Waals surface area contributed by atoms with E-state index >= 15 is 0 Å². The summed E-state index contributed by atoms with van der Waals surface area (Å²) in [5.74, 6) is 0.898. The standard InChI is InChI=1S/C23H18ClN3O2/c24-20-10-4-3-9-19(20)22-13-12-17(29-22)14-26-27-23(28)15-25-21-11-5-7-16-6-1-2-8-18(16)21/h1-14,25H,15H2,(H,27,28). The Bertz CT molecular complexity index is 1180. The number of hydrogen-bond acceptors (Lipinski definition) is 4. The molecule has 0 saturated carbocycles. The van der Waals surface area contributed by atoms with E-state index in [1.54, 1.807) is 12.1 Å². The SMILES string of the molecule is O=C(CNc1cccc2ccccc12)NN=Cc1ccc(-c2ccccc2Cl)o1. The van der Waals surface area contributed by atoms with E-state index in [1.807, 2.05) is 66.7 Å². The quantitative estimate of drug-likeness (QED) is 0.338. The molecule has 144 valence electrons. The molecule has 0 atom stereocenters. The first-order chi connectivity index (χ1) is 14.2. The normalized spacial score (nSPS) is 11.1. The zero-order chi connectivity index (χ0) is 20.1. The minimum Gasteiger partial charge on any atom is -0.455 e. The van der Waals surface area contributed by atoms with Crippen molar-refractivity contribution in [3.63, 3.8) is 0 Å². The molecule has 0 fully saturated rings. The van der Waals surface area contributed by atoms with Gasteiger partial charge in [0.05, 0.1) is 17.8 Å². The molecule has 0 aliphatic rings. The van der Waals surface area contributed by atoms with Crippen LogP contribution in [0.5, 0.6) is 0 Å². The van der Waals surface area contributed by atoms with Crippen LogP contribution in [0.3, 0.4) is 0 Å². The number of nitrogens with zero attached hydrogens (tertiary/aromatic N) is 1. The lowest BCUT2D eigenvalue weighted by atomic mass is 10.1. The van der Waals surface area contributed by atoms with Crippen LogP contribution in [0.1, 0.15) is 5.76 Å². The van der Waals surface area contributed by atoms with Crippen molar-refractivity contribution in [3.05, 3.63) is 89.6 Å². The fourth-order valence-corrected chi connectivity index (χ4v) is 3.22. The molecular weight excluding hydrogens is 386 g/mol. The maximum Gasteiger partial charge on any atom is 0.259 e. The number of halogens is 1. The Labute approximate surface area is 173 Å². The molecule has 4 rings (SSSR count). The molecule has 0 bridgehead atoms. The second kappa shape index (κ2) is 8.63. The smallest absolute Gasteiger partial charge is 0.259 e. The zero-order valence-electron chi connectivity index (χ0n) is 15.4. The molecule has 6 heteroatoms. The number of hydrazone groups is 1. The van der Waals surface area contributed by atoms with Crippen LogP contribution in [0.15, 0.2) is 88.4 Å². The van der Waals surface area contributed by atoms with Crippen molar-refractivity contribution in [2.75, 3.05) is 11.9 Å². The minimum atomic E-state index is -0.257. The molecule has 29 heavy (non-hydrogen) atoms. The molecule has 0 unspecified atom stereocenters. The molecule has 1 amide bonds. The molecular formula is C23H18ClN3O2. The van der Waals surface area contributed by atoms with Gasteiger partial charge in [0.2, 0.25) is 0 Å². The highest BCUT2D eigenvalue weighted by molar-refractivity contribution is 6.33. The molecule has 0 spiro atoms. The van der Waals surface area contributed by atoms with Gasteiger partial charge in [0.25, 0.3) is 5.91 Å². The molecule has 0 saturated heterocycles. The molecule has 1 heterocycles. The third-order valence-electron chi connectivity index (χ3n) is 4.38. The fraction of sp³-hybridized carbons (Fsp3) is 0.0435. The first-order valence-electron chi connectivity index (χ1n) is 9.09. The number of rotatable bonds is 6. The van der Waals surface area contributed by atoms with Crippen LogP contribution >= 0.6 is 11.6 Å². The summed E-state index contributed by atoms with van der Waals surface area (Å²) in [6.07, 6.45) is 1.45. The Morgan fingerprint density at radius 2 is 1.76 bits per heavy atom. The molecule has 5 nitrogen and oxygen atoms in total. The van der Waals surface area contributed by atoms with E-state index in [2.05, 4.69) is 15.8 Å². The summed E-state index contributed by atoms with van der Waals surface area (Å²) < 4.78 is 5.71. The lowest BCUT2D eigenvalue weighted by Crippen LogP contribution is -2.25. The summed E-state index contributed by atoms with van der Waals surface area (Å²) in [6, 6.07) is 24.9. The Morgan fingerprint density at radius 3 is 2.66 bits per heavy atom. The van der Waals surface area contributed by atoms with Crippen LogP contribution in [0.25, 0.3) is 22.1 Å². The number of carbonyl (C=O) groups is 1. The number of hydrogen-bond donors (Lipinski definition) is 2. The number of anilines is 1. The van der Waals surface area contributed by atoms with E-state index in [1.165, 1.54) is 6.21 Å². The molecule has 3 aromatic carbocycles. The van der Waals surface area contributed by atoms with E-state index < -0.39 is 0 Å². The van der Waals surface area contributed by atoms with Crippen molar-refractivity contribution in [2.24, 2.45) is 5.10 Å². The van der Waals surface area contributed by atoms with Gasteiger partial charge in [-0.05, 0) is 35.7 Å². The van der Waals surface area contributed by atoms with Gasteiger partial charge in [-0.15, -0.1) is 0 Å². The van der Waals surface area contributed by atoms with Crippen molar-refractivity contribution in [3.8, 4) is 11.3 Å². The average Bonchev–Trinajstić information content (AvgIpc) is 3.21. The third-order valence-corrected chi connectivity index (χ3v) is 4.71. The highest BCUT2D eigenvalue weighted by atomic mass is 35.5. The van der Waals surface area contributed by atoms with Crippen LogP contribution in [0, 0.1) is 0 Å². The van der Waals surface area contributed by atoms with Gasteiger partial charge in [-0.1, -0.05) is 60.1 Å². The van der Waals surface area contributed by atoms with Crippen LogP contribution in [0.4, 0.5) is 5.69 Å². The Kier molecular flexibility index (Phi) is 5.59. The van der Waals surface area contributed by atoms with Crippen LogP contribution < -0.4 is 10.7 Å². The lowest BCUT2D eigenvalue weighted by molar-refractivity contribution is -0.119. The molecule has 0 radical (unpaired) electrons. The van der Waals surface area contributed by atoms with Crippen molar-refractivity contribution >= 4 is 40.2 Å². The average molecular weight is 404 g/mol. The minimum absolute atomic E-state index is 0.106. The zero-order valence-corrected chi connectivity index (χ0v) is 16.2. The lowest BCUT2D eigenvalue weighted by Gasteiger charge is -2.08. The number of fused-ring (bicyclic) bond motifs is 1. The predicted octanol–water partition coefficient (Wildman–Crippen LogP) is 5.32. The van der Waals surface area contributed by atoms with Crippen LogP contribution in [-0.2, 0) is 4.79 Å². The van der Waals surface area contributed by atoms with Gasteiger partial charge in [0, 0.05) is 16.6 Å². The van der Waals surface area contributed by atoms with Gasteiger partial charge in [0.1, 0.15) is 11.5 Å². The number of carbonyl (C=O) groups excluding carboxylic acids is 1. The summed E-state index contributed by atoms with van der Waals surface area (Å²) in [5, 5.41) is 9.89. The topological polar surface area (TPSA) is 66.6 Å². The van der Waals surface area contributed by atoms with Gasteiger partial charge in [-0.3, -0.25) is 4.79 Å². The summed E-state index contributed by atoms with van der Waals surface area (Å²) in [6.45, 7) is 0.106. The maximum absolute atomic E-state index is 12.1. The first-order valence-corrected chi connectivity index (χ1v) is 9.47. The van der Waals surface area contributed by atoms with Gasteiger partial charge in [-0.25, -0.2) is 5.43 Å². The summed E-state index contributed by atoms with van der Waals surface area (Å²) in [7, 11) is 0. The van der Waals surface area contributed by atoms with Crippen LogP contribution in [-0.4, -0.2) is 18.7 Å². The second-order valence-electron chi connectivity index (χ2n) is 6.36. The Hall–Kier alpha value is -3.57. The van der Waals surface area contributed by atoms with Gasteiger partial charge >= 0.3 is 0 Å². The van der Waals surface area contributed by atoms with E-state index in [0.717, 1.165) is 22.0 Å². The van der Waals surface area contributed by atoms with Gasteiger partial charge < -0.3 is 9.73 Å². The summed E-state index contributed by atoms with van der Waals surface area (Å²) in [4.78, 5) is 12.1. The number of benzene rings is 3. The van der Waals surface area contributed by atoms with E-state index in [-0.39, 0.29) is 12.5 Å². The third kappa shape index (κ3) is 4.47. The number of amides is 1. The Morgan fingerprint density at radius 1 is 0.966 bits per heavy atom. The monoisotopic (exact) mass is 403 g/mol. The summed E-state index contributed by atoms with van der Waals surface area (Å²) >= 11 is 6.18. The predicted molar refractivity (Wildman–Crippen MR) is 117 cm³/mol. The van der Waals surface area contributed by atoms with Gasteiger partial charge in [0.15, 0.2) is 0 Å². The highest BCUT2D eigenvalue weighted by Gasteiger charge is 2.07. The number of nitrogens with one attached hydrogen (secondary N) is 2. The number of furan rings is 1. The van der Waals surface area contributed by atoms with Crippen molar-refractivity contribution in [1.82, 2.24) is 5.43 Å². The highest BCUT2D eigenvalue weighted by Crippen LogP contribution is 2.28. The maximum atomic E-state index is 12.1. The van der Waals surface area contributed by atoms with Crippen molar-refractivity contribution < 1.29 is 9.21 Å². The molecule has 0 aliphatic heterocycles. The Balaban J connectivity index is 1.34. The second-order valence-corrected chi connectivity index (χ2v) is 6.76. The van der Waals surface area contributed by atoms with Gasteiger partial charge in [-0.2, -0.15) is 5.10 Å². The molecule has 4 aromatic rings.